The first-order valence-electron chi connectivity index (χ1n) is 7.27. The maximum Gasteiger partial charge on any atom is 0.0893 e. The Morgan fingerprint density at radius 3 is 2.95 bits per heavy atom. The number of hydrazone groups is 1. The first-order chi connectivity index (χ1) is 9.84. The number of thiophene rings is 1. The number of hydrogen-bond acceptors (Lipinski definition) is 3. The summed E-state index contributed by atoms with van der Waals surface area (Å²) >= 11 is 1.85. The van der Waals surface area contributed by atoms with E-state index in [0.717, 1.165) is 0 Å². The molecule has 1 aromatic heterocycles. The van der Waals surface area contributed by atoms with E-state index in [1.807, 2.05) is 11.3 Å². The largest absolute Gasteiger partial charge is 0.291 e. The van der Waals surface area contributed by atoms with Gasteiger partial charge in [0.2, 0.25) is 0 Å². The molecule has 3 heteroatoms. The monoisotopic (exact) mass is 282 g/mol. The van der Waals surface area contributed by atoms with Crippen molar-refractivity contribution in [3.05, 3.63) is 57.8 Å². The van der Waals surface area contributed by atoms with E-state index in [2.05, 4.69) is 53.8 Å². The summed E-state index contributed by atoms with van der Waals surface area (Å²) in [6.07, 6.45) is 3.68. The molecular formula is C17H18N2S. The molecule has 0 radical (unpaired) electrons. The number of fused-ring (bicyclic) bond motifs is 3. The molecule has 1 aliphatic carbocycles. The quantitative estimate of drug-likeness (QED) is 0.769. The van der Waals surface area contributed by atoms with Crippen LogP contribution in [0.4, 0.5) is 0 Å². The molecule has 0 unspecified atom stereocenters. The third-order valence-electron chi connectivity index (χ3n) is 4.49. The highest BCUT2D eigenvalue weighted by molar-refractivity contribution is 7.10. The maximum absolute atomic E-state index is 4.91. The van der Waals surface area contributed by atoms with Gasteiger partial charge in [0.15, 0.2) is 0 Å². The summed E-state index contributed by atoms with van der Waals surface area (Å²) < 4.78 is 0. The summed E-state index contributed by atoms with van der Waals surface area (Å²) in [5.41, 5.74) is 4.15. The van der Waals surface area contributed by atoms with E-state index in [1.54, 1.807) is 0 Å². The van der Waals surface area contributed by atoms with Crippen LogP contribution in [0.15, 0.2) is 46.9 Å². The minimum atomic E-state index is 0.427. The van der Waals surface area contributed by atoms with E-state index in [-0.39, 0.29) is 0 Å². The third kappa shape index (κ3) is 1.80. The van der Waals surface area contributed by atoms with Gasteiger partial charge in [-0.3, -0.25) is 5.01 Å². The Balaban J connectivity index is 1.80. The summed E-state index contributed by atoms with van der Waals surface area (Å²) in [5.74, 6) is 0.544. The lowest BCUT2D eigenvalue weighted by molar-refractivity contribution is 0.247. The van der Waals surface area contributed by atoms with Gasteiger partial charge < -0.3 is 0 Å². The van der Waals surface area contributed by atoms with E-state index < -0.39 is 0 Å². The van der Waals surface area contributed by atoms with Gasteiger partial charge in [0.05, 0.1) is 11.8 Å². The van der Waals surface area contributed by atoms with Crippen LogP contribution in [0.2, 0.25) is 0 Å². The lowest BCUT2D eigenvalue weighted by atomic mass is 9.88. The average molecular weight is 282 g/mol. The molecule has 102 valence electrons. The van der Waals surface area contributed by atoms with Gasteiger partial charge in [0.1, 0.15) is 0 Å². The van der Waals surface area contributed by atoms with Crippen LogP contribution in [0.25, 0.3) is 0 Å². The highest BCUT2D eigenvalue weighted by Gasteiger charge is 2.39. The molecule has 0 N–H and O–H groups in total. The molecule has 2 atom stereocenters. The molecule has 0 amide bonds. The van der Waals surface area contributed by atoms with Gasteiger partial charge in [-0.05, 0) is 36.3 Å². The molecule has 0 saturated heterocycles. The van der Waals surface area contributed by atoms with Crippen LogP contribution in [-0.2, 0) is 6.42 Å². The minimum Gasteiger partial charge on any atom is -0.291 e. The van der Waals surface area contributed by atoms with E-state index >= 15 is 0 Å². The topological polar surface area (TPSA) is 15.6 Å². The van der Waals surface area contributed by atoms with Crippen molar-refractivity contribution in [2.75, 3.05) is 7.05 Å². The molecule has 2 aromatic rings. The zero-order valence-corrected chi connectivity index (χ0v) is 12.4. The van der Waals surface area contributed by atoms with Crippen molar-refractivity contribution >= 4 is 17.0 Å². The number of hydrogen-bond donors (Lipinski definition) is 0. The molecule has 1 aliphatic heterocycles. The van der Waals surface area contributed by atoms with E-state index in [1.165, 1.54) is 41.0 Å². The summed E-state index contributed by atoms with van der Waals surface area (Å²) in [5, 5.41) is 9.25. The SMILES string of the molecule is CN1N=C2c3ccccc3CCC[C@H]2[C@@H]1c1cccs1. The van der Waals surface area contributed by atoms with Crippen molar-refractivity contribution in [1.29, 1.82) is 0 Å². The first kappa shape index (κ1) is 12.2. The Labute approximate surface area is 123 Å². The molecule has 2 heterocycles. The predicted molar refractivity (Wildman–Crippen MR) is 84.2 cm³/mol. The number of nitrogens with zero attached hydrogens (tertiary/aromatic N) is 2. The van der Waals surface area contributed by atoms with Crippen LogP contribution >= 0.6 is 11.3 Å². The van der Waals surface area contributed by atoms with Gasteiger partial charge in [0, 0.05) is 23.4 Å². The minimum absolute atomic E-state index is 0.427. The van der Waals surface area contributed by atoms with E-state index in [0.29, 0.717) is 12.0 Å². The highest BCUT2D eigenvalue weighted by atomic mass is 32.1. The normalized spacial score (nSPS) is 24.9. The first-order valence-corrected chi connectivity index (χ1v) is 8.15. The van der Waals surface area contributed by atoms with Crippen LogP contribution in [0.3, 0.4) is 0 Å². The lowest BCUT2D eigenvalue weighted by Gasteiger charge is -2.23. The Bertz CT molecular complexity index is 645. The molecule has 4 rings (SSSR count). The Morgan fingerprint density at radius 2 is 2.10 bits per heavy atom. The van der Waals surface area contributed by atoms with Crippen LogP contribution in [-0.4, -0.2) is 17.8 Å². The van der Waals surface area contributed by atoms with Crippen LogP contribution in [0.1, 0.15) is 34.9 Å². The number of aryl methyl sites for hydroxylation is 1. The van der Waals surface area contributed by atoms with Crippen LogP contribution in [0, 0.1) is 5.92 Å². The van der Waals surface area contributed by atoms with Gasteiger partial charge in [-0.1, -0.05) is 30.3 Å². The summed E-state index contributed by atoms with van der Waals surface area (Å²) in [6, 6.07) is 13.6. The van der Waals surface area contributed by atoms with Gasteiger partial charge in [-0.15, -0.1) is 11.3 Å². The predicted octanol–water partition coefficient (Wildman–Crippen LogP) is 4.09. The van der Waals surface area contributed by atoms with Crippen LogP contribution in [0.5, 0.6) is 0 Å². The maximum atomic E-state index is 4.91. The molecule has 2 aliphatic rings. The molecule has 0 fully saturated rings. The highest BCUT2D eigenvalue weighted by Crippen LogP contribution is 2.42. The molecule has 2 nitrogen and oxygen atoms in total. The molecular weight excluding hydrogens is 264 g/mol. The zero-order valence-electron chi connectivity index (χ0n) is 11.6. The van der Waals surface area contributed by atoms with Gasteiger partial charge in [-0.25, -0.2) is 0 Å². The molecule has 20 heavy (non-hydrogen) atoms. The molecule has 0 saturated carbocycles. The van der Waals surface area contributed by atoms with Crippen LogP contribution < -0.4 is 0 Å². The van der Waals surface area contributed by atoms with Crippen molar-refractivity contribution in [2.24, 2.45) is 11.0 Å². The molecule has 1 aromatic carbocycles. The second-order valence-electron chi connectivity index (χ2n) is 5.68. The fourth-order valence-electron chi connectivity index (χ4n) is 3.61. The van der Waals surface area contributed by atoms with Gasteiger partial charge in [-0.2, -0.15) is 5.10 Å². The van der Waals surface area contributed by atoms with Gasteiger partial charge in [0.25, 0.3) is 0 Å². The Kier molecular flexibility index (Phi) is 2.88. The van der Waals surface area contributed by atoms with Crippen molar-refractivity contribution in [3.63, 3.8) is 0 Å². The summed E-state index contributed by atoms with van der Waals surface area (Å²) in [7, 11) is 2.12. The van der Waals surface area contributed by atoms with Crippen molar-refractivity contribution in [3.8, 4) is 0 Å². The summed E-state index contributed by atoms with van der Waals surface area (Å²) in [4.78, 5) is 1.44. The van der Waals surface area contributed by atoms with E-state index in [4.69, 9.17) is 5.10 Å². The third-order valence-corrected chi connectivity index (χ3v) is 5.43. The van der Waals surface area contributed by atoms with Crippen molar-refractivity contribution < 1.29 is 0 Å². The van der Waals surface area contributed by atoms with E-state index in [9.17, 15) is 0 Å². The fraction of sp³-hybridized carbons (Fsp3) is 0.353. The standard InChI is InChI=1S/C17H18N2S/c1-19-17(15-10-5-11-20-15)14-9-4-7-12-6-2-3-8-13(12)16(14)18-19/h2-3,5-6,8,10-11,14,17H,4,7,9H2,1H3/t14-,17-/m1/s1. The Hall–Kier alpha value is -1.61. The fourth-order valence-corrected chi connectivity index (χ4v) is 4.53. The smallest absolute Gasteiger partial charge is 0.0893 e. The molecule has 0 spiro atoms. The average Bonchev–Trinajstić information content (AvgIpc) is 3.03. The van der Waals surface area contributed by atoms with Crippen molar-refractivity contribution in [1.82, 2.24) is 5.01 Å². The summed E-state index contributed by atoms with van der Waals surface area (Å²) in [6.45, 7) is 0. The molecule has 0 bridgehead atoms. The lowest BCUT2D eigenvalue weighted by Crippen LogP contribution is -2.22. The number of benzene rings is 1. The second kappa shape index (κ2) is 4.74. The number of rotatable bonds is 1. The zero-order chi connectivity index (χ0) is 13.5. The van der Waals surface area contributed by atoms with Crippen molar-refractivity contribution in [2.45, 2.75) is 25.3 Å². The second-order valence-corrected chi connectivity index (χ2v) is 6.65. The van der Waals surface area contributed by atoms with Gasteiger partial charge >= 0.3 is 0 Å². The Morgan fingerprint density at radius 1 is 1.20 bits per heavy atom.